The maximum Gasteiger partial charge on any atom is 0.222 e. The molecule has 2 aliphatic rings. The molecule has 120 valence electrons. The quantitative estimate of drug-likeness (QED) is 0.835. The number of carbonyl (C=O) groups is 1. The minimum Gasteiger partial charge on any atom is -0.390 e. The van der Waals surface area contributed by atoms with Gasteiger partial charge in [0.15, 0.2) is 0 Å². The maximum atomic E-state index is 13.3. The van der Waals surface area contributed by atoms with E-state index in [0.717, 1.165) is 31.4 Å². The van der Waals surface area contributed by atoms with Crippen LogP contribution in [-0.2, 0) is 11.3 Å². The van der Waals surface area contributed by atoms with Gasteiger partial charge in [0.2, 0.25) is 5.91 Å². The summed E-state index contributed by atoms with van der Waals surface area (Å²) in [6.07, 6.45) is 3.20. The molecule has 3 rings (SSSR count). The lowest BCUT2D eigenvalue weighted by Crippen LogP contribution is -2.41. The van der Waals surface area contributed by atoms with Crippen LogP contribution in [0.25, 0.3) is 0 Å². The number of likely N-dealkylation sites (tertiary alicyclic amines) is 1. The summed E-state index contributed by atoms with van der Waals surface area (Å²) in [4.78, 5) is 15.6. The molecule has 4 nitrogen and oxygen atoms in total. The van der Waals surface area contributed by atoms with E-state index in [1.807, 2.05) is 6.07 Å². The van der Waals surface area contributed by atoms with Crippen molar-refractivity contribution in [2.24, 2.45) is 0 Å². The summed E-state index contributed by atoms with van der Waals surface area (Å²) >= 11 is 0. The Balaban J connectivity index is 1.56. The molecule has 1 heterocycles. The first-order chi connectivity index (χ1) is 10.6. The third-order valence-corrected chi connectivity index (χ3v) is 4.39. The van der Waals surface area contributed by atoms with Gasteiger partial charge in [-0.2, -0.15) is 0 Å². The van der Waals surface area contributed by atoms with Crippen molar-refractivity contribution in [2.75, 3.05) is 19.6 Å². The number of amides is 1. The molecule has 1 saturated heterocycles. The van der Waals surface area contributed by atoms with Crippen molar-refractivity contribution in [3.8, 4) is 0 Å². The fraction of sp³-hybridized carbons (Fsp3) is 0.588. The van der Waals surface area contributed by atoms with Gasteiger partial charge in [-0.05, 0) is 37.0 Å². The Kier molecular flexibility index (Phi) is 4.74. The zero-order chi connectivity index (χ0) is 15.5. The Morgan fingerprint density at radius 1 is 1.41 bits per heavy atom. The number of aliphatic hydroxyl groups is 1. The van der Waals surface area contributed by atoms with Crippen LogP contribution < -0.4 is 0 Å². The summed E-state index contributed by atoms with van der Waals surface area (Å²) in [7, 11) is 0. The van der Waals surface area contributed by atoms with Gasteiger partial charge in [-0.3, -0.25) is 9.69 Å². The molecule has 0 aromatic heterocycles. The third kappa shape index (κ3) is 4.05. The van der Waals surface area contributed by atoms with E-state index in [1.165, 1.54) is 6.07 Å². The molecule has 1 aliphatic carbocycles. The molecule has 1 atom stereocenters. The second-order valence-corrected chi connectivity index (χ2v) is 6.39. The summed E-state index contributed by atoms with van der Waals surface area (Å²) in [5, 5.41) is 10.3. The molecule has 5 heteroatoms. The van der Waals surface area contributed by atoms with E-state index in [2.05, 4.69) is 4.90 Å². The van der Waals surface area contributed by atoms with Gasteiger partial charge in [0.1, 0.15) is 5.82 Å². The zero-order valence-corrected chi connectivity index (χ0v) is 12.7. The highest BCUT2D eigenvalue weighted by atomic mass is 19.1. The molecule has 1 amide bonds. The predicted octanol–water partition coefficient (Wildman–Crippen LogP) is 1.77. The monoisotopic (exact) mass is 306 g/mol. The van der Waals surface area contributed by atoms with E-state index in [9.17, 15) is 14.3 Å². The highest BCUT2D eigenvalue weighted by Gasteiger charge is 2.31. The lowest BCUT2D eigenvalue weighted by Gasteiger charge is -2.27. The SMILES string of the molecule is O=C1CCCN1CC(O)CN(Cc1cccc(F)c1)C1CC1. The number of hydrogen-bond donors (Lipinski definition) is 1. The van der Waals surface area contributed by atoms with Gasteiger partial charge in [0.05, 0.1) is 6.10 Å². The molecular formula is C17H23FN2O2. The van der Waals surface area contributed by atoms with Gasteiger partial charge in [-0.1, -0.05) is 12.1 Å². The minimum atomic E-state index is -0.545. The third-order valence-electron chi connectivity index (χ3n) is 4.39. The smallest absolute Gasteiger partial charge is 0.222 e. The molecule has 1 aromatic carbocycles. The number of aliphatic hydroxyl groups excluding tert-OH is 1. The molecule has 1 aliphatic heterocycles. The highest BCUT2D eigenvalue weighted by molar-refractivity contribution is 5.78. The van der Waals surface area contributed by atoms with Gasteiger partial charge in [-0.25, -0.2) is 4.39 Å². The fourth-order valence-corrected chi connectivity index (χ4v) is 3.13. The lowest BCUT2D eigenvalue weighted by atomic mass is 10.2. The van der Waals surface area contributed by atoms with Crippen molar-refractivity contribution < 1.29 is 14.3 Å². The first-order valence-electron chi connectivity index (χ1n) is 8.06. The first kappa shape index (κ1) is 15.4. The van der Waals surface area contributed by atoms with E-state index < -0.39 is 6.10 Å². The van der Waals surface area contributed by atoms with E-state index >= 15 is 0 Å². The second kappa shape index (κ2) is 6.75. The molecule has 1 N–H and O–H groups in total. The van der Waals surface area contributed by atoms with Crippen LogP contribution in [0.2, 0.25) is 0 Å². The van der Waals surface area contributed by atoms with Gasteiger partial charge >= 0.3 is 0 Å². The summed E-state index contributed by atoms with van der Waals surface area (Å²) < 4.78 is 13.3. The Bertz CT molecular complexity index is 533. The van der Waals surface area contributed by atoms with E-state index in [1.54, 1.807) is 17.0 Å². The second-order valence-electron chi connectivity index (χ2n) is 6.39. The number of β-amino-alcohol motifs (C(OH)–C–C–N with tert-alkyl or cyclic N) is 1. The van der Waals surface area contributed by atoms with Crippen LogP contribution in [0.5, 0.6) is 0 Å². The number of hydrogen-bond acceptors (Lipinski definition) is 3. The molecule has 0 spiro atoms. The number of rotatable bonds is 7. The van der Waals surface area contributed by atoms with Crippen molar-refractivity contribution in [3.05, 3.63) is 35.6 Å². The summed E-state index contributed by atoms with van der Waals surface area (Å²) in [6.45, 7) is 2.34. The highest BCUT2D eigenvalue weighted by Crippen LogP contribution is 2.28. The normalized spacial score (nSPS) is 20.0. The Morgan fingerprint density at radius 3 is 2.86 bits per heavy atom. The molecule has 1 saturated carbocycles. The fourth-order valence-electron chi connectivity index (χ4n) is 3.13. The standard InChI is InChI=1S/C17H23FN2O2/c18-14-4-1-3-13(9-14)10-20(15-6-7-15)12-16(21)11-19-8-2-5-17(19)22/h1,3-4,9,15-16,21H,2,5-8,10-12H2. The van der Waals surface area contributed by atoms with E-state index in [4.69, 9.17) is 0 Å². The molecule has 2 fully saturated rings. The van der Waals surface area contributed by atoms with Gasteiger partial charge in [0.25, 0.3) is 0 Å². The van der Waals surface area contributed by atoms with Crippen molar-refractivity contribution in [1.82, 2.24) is 9.80 Å². The van der Waals surface area contributed by atoms with Crippen LogP contribution in [0.4, 0.5) is 4.39 Å². The van der Waals surface area contributed by atoms with Crippen LogP contribution in [-0.4, -0.2) is 52.6 Å². The molecule has 0 bridgehead atoms. The van der Waals surface area contributed by atoms with Gasteiger partial charge < -0.3 is 10.0 Å². The largest absolute Gasteiger partial charge is 0.390 e. The molecule has 1 aromatic rings. The van der Waals surface area contributed by atoms with Crippen LogP contribution in [0.3, 0.4) is 0 Å². The van der Waals surface area contributed by atoms with E-state index in [-0.39, 0.29) is 11.7 Å². The Hall–Kier alpha value is -1.46. The number of carbonyl (C=O) groups excluding carboxylic acids is 1. The average molecular weight is 306 g/mol. The van der Waals surface area contributed by atoms with Crippen molar-refractivity contribution in [1.29, 1.82) is 0 Å². The van der Waals surface area contributed by atoms with Gasteiger partial charge in [0, 0.05) is 38.6 Å². The first-order valence-corrected chi connectivity index (χ1v) is 8.06. The summed E-state index contributed by atoms with van der Waals surface area (Å²) in [6, 6.07) is 7.10. The maximum absolute atomic E-state index is 13.3. The van der Waals surface area contributed by atoms with Crippen LogP contribution >= 0.6 is 0 Å². The molecule has 1 unspecified atom stereocenters. The Labute approximate surface area is 130 Å². The predicted molar refractivity (Wildman–Crippen MR) is 81.7 cm³/mol. The summed E-state index contributed by atoms with van der Waals surface area (Å²) in [5.74, 6) is -0.0846. The van der Waals surface area contributed by atoms with Crippen LogP contribution in [0, 0.1) is 5.82 Å². The van der Waals surface area contributed by atoms with Gasteiger partial charge in [-0.15, -0.1) is 0 Å². The molecule has 22 heavy (non-hydrogen) atoms. The van der Waals surface area contributed by atoms with Crippen molar-refractivity contribution in [2.45, 2.75) is 44.4 Å². The molecule has 0 radical (unpaired) electrons. The molecular weight excluding hydrogens is 283 g/mol. The number of benzene rings is 1. The number of halogens is 1. The van der Waals surface area contributed by atoms with E-state index in [0.29, 0.717) is 32.1 Å². The number of nitrogens with zero attached hydrogens (tertiary/aromatic N) is 2. The minimum absolute atomic E-state index is 0.141. The average Bonchev–Trinajstić information content (AvgIpc) is 3.24. The Morgan fingerprint density at radius 2 is 2.23 bits per heavy atom. The summed E-state index contributed by atoms with van der Waals surface area (Å²) in [5.41, 5.74) is 0.927. The van der Waals surface area contributed by atoms with Crippen molar-refractivity contribution in [3.63, 3.8) is 0 Å². The van der Waals surface area contributed by atoms with Crippen molar-refractivity contribution >= 4 is 5.91 Å². The zero-order valence-electron chi connectivity index (χ0n) is 12.7. The van der Waals surface area contributed by atoms with Crippen LogP contribution in [0.15, 0.2) is 24.3 Å². The van der Waals surface area contributed by atoms with Crippen LogP contribution in [0.1, 0.15) is 31.2 Å². The lowest BCUT2D eigenvalue weighted by molar-refractivity contribution is -0.129. The topological polar surface area (TPSA) is 43.8 Å².